The van der Waals surface area contributed by atoms with Gasteiger partial charge in [-0.25, -0.2) is 0 Å². The molecule has 26 heavy (non-hydrogen) atoms. The number of piperidine rings is 1. The maximum atomic E-state index is 12.7. The van der Waals surface area contributed by atoms with Crippen LogP contribution in [0.1, 0.15) is 70.6 Å². The molecule has 150 valence electrons. The lowest BCUT2D eigenvalue weighted by Crippen LogP contribution is -2.45. The fraction of sp³-hybridized carbons (Fsp3) is 0.950. The van der Waals surface area contributed by atoms with Crippen molar-refractivity contribution in [2.45, 2.75) is 80.6 Å². The predicted octanol–water partition coefficient (Wildman–Crippen LogP) is 4.40. The van der Waals surface area contributed by atoms with E-state index in [2.05, 4.69) is 27.5 Å². The largest absolute Gasteiger partial charge is 0.762 e. The van der Waals surface area contributed by atoms with Gasteiger partial charge in [-0.3, -0.25) is 14.9 Å². The zero-order valence-electron chi connectivity index (χ0n) is 15.8. The van der Waals surface area contributed by atoms with Gasteiger partial charge in [-0.05, 0) is 63.5 Å². The molecule has 3 rings (SSSR count). The maximum Gasteiger partial charge on any atom is 0.149 e. The summed E-state index contributed by atoms with van der Waals surface area (Å²) in [5, 5.41) is 20.7. The monoisotopic (exact) mass is 477 g/mol. The van der Waals surface area contributed by atoms with E-state index < -0.39 is 6.04 Å². The molecule has 0 radical (unpaired) electrons. The number of nitrogens with zero attached hydrogens (tertiary/aromatic N) is 2. The van der Waals surface area contributed by atoms with Crippen LogP contribution in [-0.2, 0) is 4.79 Å². The molecule has 5 nitrogen and oxygen atoms in total. The first kappa shape index (κ1) is 21.0. The van der Waals surface area contributed by atoms with Gasteiger partial charge in [0, 0.05) is 15.9 Å². The molecule has 0 spiro atoms. The third-order valence-electron chi connectivity index (χ3n) is 6.95. The molecule has 0 amide bonds. The van der Waals surface area contributed by atoms with E-state index in [0.717, 1.165) is 37.8 Å². The number of Topliss-reactive ketones (excluding diaryl/α,β-unsaturated/α-hetero) is 1. The van der Waals surface area contributed by atoms with Crippen molar-refractivity contribution in [2.75, 3.05) is 19.6 Å². The summed E-state index contributed by atoms with van der Waals surface area (Å²) in [5.41, 5.74) is 0. The first-order chi connectivity index (χ1) is 12.5. The van der Waals surface area contributed by atoms with Gasteiger partial charge < -0.3 is 10.4 Å². The predicted molar refractivity (Wildman–Crippen MR) is 111 cm³/mol. The number of halogens is 1. The van der Waals surface area contributed by atoms with Crippen molar-refractivity contribution in [1.82, 2.24) is 10.1 Å². The molecular formula is C20H34IN2O3-. The molecule has 1 heterocycles. The fourth-order valence-corrected chi connectivity index (χ4v) is 6.18. The van der Waals surface area contributed by atoms with Crippen LogP contribution >= 0.6 is 22.6 Å². The molecule has 3 atom stereocenters. The highest BCUT2D eigenvalue weighted by Gasteiger charge is 2.34. The van der Waals surface area contributed by atoms with Crippen LogP contribution in [0.5, 0.6) is 0 Å². The van der Waals surface area contributed by atoms with E-state index in [-0.39, 0.29) is 20.9 Å². The Morgan fingerprint density at radius 2 is 1.69 bits per heavy atom. The summed E-state index contributed by atoms with van der Waals surface area (Å²) in [4.78, 5) is 15.0. The molecule has 3 unspecified atom stereocenters. The van der Waals surface area contributed by atoms with Crippen molar-refractivity contribution in [2.24, 2.45) is 17.8 Å². The zero-order valence-corrected chi connectivity index (χ0v) is 18.0. The van der Waals surface area contributed by atoms with Gasteiger partial charge in [0.15, 0.2) is 0 Å². The molecule has 3 aliphatic rings. The summed E-state index contributed by atoms with van der Waals surface area (Å²) in [6, 6.07) is -0.431. The number of ketones is 1. The summed E-state index contributed by atoms with van der Waals surface area (Å²) >= 11 is 2.22. The average molecular weight is 477 g/mol. The van der Waals surface area contributed by atoms with Crippen LogP contribution in [0.4, 0.5) is 0 Å². The summed E-state index contributed by atoms with van der Waals surface area (Å²) in [6.07, 6.45) is 13.2. The lowest BCUT2D eigenvalue weighted by atomic mass is 9.79. The van der Waals surface area contributed by atoms with E-state index in [1.807, 2.05) is 0 Å². The van der Waals surface area contributed by atoms with E-state index in [1.165, 1.54) is 51.4 Å². The van der Waals surface area contributed by atoms with Crippen molar-refractivity contribution < 1.29 is 10.0 Å². The highest BCUT2D eigenvalue weighted by atomic mass is 127. The number of hydrogen-bond donors (Lipinski definition) is 1. The molecular weight excluding hydrogens is 443 g/mol. The molecule has 2 saturated carbocycles. The minimum atomic E-state index is -0.431. The third-order valence-corrected chi connectivity index (χ3v) is 8.40. The number of hydroxylamine groups is 2. The van der Waals surface area contributed by atoms with E-state index in [9.17, 15) is 15.2 Å². The van der Waals surface area contributed by atoms with Crippen LogP contribution in [-0.4, -0.2) is 50.7 Å². The minimum Gasteiger partial charge on any atom is -0.762 e. The van der Waals surface area contributed by atoms with Crippen molar-refractivity contribution in [3.63, 3.8) is 0 Å². The van der Waals surface area contributed by atoms with Crippen LogP contribution in [0.2, 0.25) is 0 Å². The Hall–Kier alpha value is 0.240. The molecule has 1 saturated heterocycles. The highest BCUT2D eigenvalue weighted by molar-refractivity contribution is 14.1. The molecule has 0 aromatic rings. The number of likely N-dealkylation sites (tertiary alicyclic amines) is 1. The first-order valence-corrected chi connectivity index (χ1v) is 11.8. The quantitative estimate of drug-likeness (QED) is 0.349. The maximum absolute atomic E-state index is 12.7. The van der Waals surface area contributed by atoms with Gasteiger partial charge in [0.2, 0.25) is 0 Å². The van der Waals surface area contributed by atoms with Gasteiger partial charge in [-0.2, -0.15) is 0 Å². The van der Waals surface area contributed by atoms with Gasteiger partial charge in [-0.15, -0.1) is 0 Å². The molecule has 0 aromatic heterocycles. The van der Waals surface area contributed by atoms with Gasteiger partial charge in [0.05, 0.1) is 6.54 Å². The highest BCUT2D eigenvalue weighted by Crippen LogP contribution is 2.34. The summed E-state index contributed by atoms with van der Waals surface area (Å²) in [7, 11) is 0. The third kappa shape index (κ3) is 5.87. The standard InChI is InChI=1S/C20H34IN2O3/c21-18-7-6-17(13-19(18)23(25)26)20(24)14-22-10-8-16(9-11-22)12-15-4-2-1-3-5-15/h15-19,25H,1-14H2/q-1. The zero-order chi connectivity index (χ0) is 18.5. The van der Waals surface area contributed by atoms with Crippen LogP contribution < -0.4 is 0 Å². The molecule has 1 aliphatic heterocycles. The summed E-state index contributed by atoms with van der Waals surface area (Å²) < 4.78 is 0.134. The average Bonchev–Trinajstić information content (AvgIpc) is 2.64. The number of carbonyl (C=O) groups is 1. The Labute approximate surface area is 171 Å². The van der Waals surface area contributed by atoms with Gasteiger partial charge >= 0.3 is 0 Å². The molecule has 0 aromatic carbocycles. The lowest BCUT2D eigenvalue weighted by Gasteiger charge is -2.40. The van der Waals surface area contributed by atoms with Crippen LogP contribution in [0.3, 0.4) is 0 Å². The molecule has 2 aliphatic carbocycles. The van der Waals surface area contributed by atoms with Crippen molar-refractivity contribution >= 4 is 28.4 Å². The van der Waals surface area contributed by atoms with Gasteiger partial charge in [-0.1, -0.05) is 54.7 Å². The second-order valence-corrected chi connectivity index (χ2v) is 10.4. The lowest BCUT2D eigenvalue weighted by molar-refractivity contribution is -0.129. The number of carbonyl (C=O) groups excluding carboxylic acids is 1. The minimum absolute atomic E-state index is 0.0606. The van der Waals surface area contributed by atoms with E-state index in [1.54, 1.807) is 0 Å². The van der Waals surface area contributed by atoms with E-state index >= 15 is 0 Å². The van der Waals surface area contributed by atoms with E-state index in [4.69, 9.17) is 0 Å². The normalized spacial score (nSPS) is 32.8. The smallest absolute Gasteiger partial charge is 0.149 e. The van der Waals surface area contributed by atoms with Gasteiger partial charge in [0.25, 0.3) is 0 Å². The number of rotatable bonds is 6. The fourth-order valence-electron chi connectivity index (χ4n) is 5.25. The topological polar surface area (TPSA) is 66.8 Å². The van der Waals surface area contributed by atoms with E-state index in [0.29, 0.717) is 13.0 Å². The second kappa shape index (κ2) is 10.1. The van der Waals surface area contributed by atoms with Crippen molar-refractivity contribution in [3.05, 3.63) is 5.21 Å². The SMILES string of the molecule is O=C(CN1CCC(CC2CCCCC2)CC1)C1CCC(I)C(N([O-])O)C1. The molecule has 6 heteroatoms. The second-order valence-electron chi connectivity index (χ2n) is 8.82. The number of alkyl halides is 1. The van der Waals surface area contributed by atoms with Crippen molar-refractivity contribution in [1.29, 1.82) is 0 Å². The van der Waals surface area contributed by atoms with Crippen LogP contribution in [0.25, 0.3) is 0 Å². The molecule has 0 bridgehead atoms. The first-order valence-electron chi connectivity index (χ1n) is 10.6. The molecule has 3 fully saturated rings. The summed E-state index contributed by atoms with van der Waals surface area (Å²) in [6.45, 7) is 2.62. The molecule has 1 N–H and O–H groups in total. The number of hydrogen-bond acceptors (Lipinski definition) is 5. The summed E-state index contributed by atoms with van der Waals surface area (Å²) in [5.74, 6) is 2.02. The Balaban J connectivity index is 1.39. The Morgan fingerprint density at radius 3 is 2.35 bits per heavy atom. The van der Waals surface area contributed by atoms with Crippen molar-refractivity contribution in [3.8, 4) is 0 Å². The van der Waals surface area contributed by atoms with Crippen LogP contribution in [0.15, 0.2) is 0 Å². The Kier molecular flexibility index (Phi) is 8.18. The Morgan fingerprint density at radius 1 is 1.04 bits per heavy atom. The van der Waals surface area contributed by atoms with Gasteiger partial charge in [0.1, 0.15) is 5.78 Å². The Bertz CT molecular complexity index is 448. The van der Waals surface area contributed by atoms with Crippen LogP contribution in [0, 0.1) is 23.0 Å².